The van der Waals surface area contributed by atoms with Gasteiger partial charge < -0.3 is 20.5 Å². The summed E-state index contributed by atoms with van der Waals surface area (Å²) in [5.41, 5.74) is 6.31. The molecule has 0 spiro atoms. The van der Waals surface area contributed by atoms with Crippen LogP contribution in [0.1, 0.15) is 19.4 Å². The van der Waals surface area contributed by atoms with E-state index in [1.807, 2.05) is 18.2 Å². The number of methoxy groups -OCH3 is 1. The lowest BCUT2D eigenvalue weighted by Crippen LogP contribution is -2.25. The fraction of sp³-hybridized carbons (Fsp3) is 0.500. The molecule has 0 saturated heterocycles. The third-order valence-electron chi connectivity index (χ3n) is 2.78. The summed E-state index contributed by atoms with van der Waals surface area (Å²) >= 11 is 0. The molecule has 0 aliphatic heterocycles. The molecule has 0 radical (unpaired) electrons. The molecule has 1 amide bonds. The van der Waals surface area contributed by atoms with E-state index >= 15 is 0 Å². The summed E-state index contributed by atoms with van der Waals surface area (Å²) in [5, 5.41) is 3.24. The molecule has 106 valence electrons. The van der Waals surface area contributed by atoms with Crippen molar-refractivity contribution < 1.29 is 14.3 Å². The molecule has 0 bridgehead atoms. The maximum Gasteiger partial charge on any atom is 0.223 e. The lowest BCUT2D eigenvalue weighted by atomic mass is 10.2. The van der Waals surface area contributed by atoms with Crippen molar-refractivity contribution in [2.45, 2.75) is 20.4 Å². The molecule has 3 N–H and O–H groups in total. The number of ether oxygens (including phenoxy) is 2. The average Bonchev–Trinajstić information content (AvgIpc) is 2.42. The van der Waals surface area contributed by atoms with E-state index in [1.165, 1.54) is 0 Å². The highest BCUT2D eigenvalue weighted by molar-refractivity contribution is 5.76. The zero-order valence-electron chi connectivity index (χ0n) is 11.7. The lowest BCUT2D eigenvalue weighted by Gasteiger charge is -2.14. The molecular weight excluding hydrogens is 244 g/mol. The van der Waals surface area contributed by atoms with Gasteiger partial charge in [-0.1, -0.05) is 19.9 Å². The van der Waals surface area contributed by atoms with Gasteiger partial charge in [0.25, 0.3) is 0 Å². The Morgan fingerprint density at radius 1 is 1.42 bits per heavy atom. The minimum Gasteiger partial charge on any atom is -0.493 e. The zero-order valence-corrected chi connectivity index (χ0v) is 11.7. The summed E-state index contributed by atoms with van der Waals surface area (Å²) in [7, 11) is 1.59. The number of hydrogen-bond donors (Lipinski definition) is 2. The Bertz CT molecular complexity index is 421. The van der Waals surface area contributed by atoms with Gasteiger partial charge in [0.15, 0.2) is 11.5 Å². The van der Waals surface area contributed by atoms with E-state index in [0.717, 1.165) is 18.7 Å². The van der Waals surface area contributed by atoms with Crippen molar-refractivity contribution >= 4 is 5.91 Å². The fourth-order valence-electron chi connectivity index (χ4n) is 1.51. The monoisotopic (exact) mass is 266 g/mol. The second kappa shape index (κ2) is 7.63. The predicted molar refractivity (Wildman–Crippen MR) is 74.2 cm³/mol. The number of nitrogens with two attached hydrogens (primary N) is 1. The second-order valence-electron chi connectivity index (χ2n) is 4.38. The number of primary amides is 1. The van der Waals surface area contributed by atoms with Crippen molar-refractivity contribution in [3.8, 4) is 11.5 Å². The zero-order chi connectivity index (χ0) is 14.3. The molecule has 1 unspecified atom stereocenters. The van der Waals surface area contributed by atoms with Crippen LogP contribution in [0.3, 0.4) is 0 Å². The van der Waals surface area contributed by atoms with Crippen molar-refractivity contribution in [1.82, 2.24) is 5.32 Å². The summed E-state index contributed by atoms with van der Waals surface area (Å²) in [6.45, 7) is 5.70. The number of carbonyl (C=O) groups excluding carboxylic acids is 1. The van der Waals surface area contributed by atoms with Gasteiger partial charge in [-0.2, -0.15) is 0 Å². The fourth-order valence-corrected chi connectivity index (χ4v) is 1.51. The average molecular weight is 266 g/mol. The minimum absolute atomic E-state index is 0.246. The van der Waals surface area contributed by atoms with Crippen LogP contribution in [0.2, 0.25) is 0 Å². The van der Waals surface area contributed by atoms with Crippen LogP contribution in [0.5, 0.6) is 11.5 Å². The number of amides is 1. The van der Waals surface area contributed by atoms with Crippen molar-refractivity contribution in [3.63, 3.8) is 0 Å². The van der Waals surface area contributed by atoms with Crippen molar-refractivity contribution in [1.29, 1.82) is 0 Å². The van der Waals surface area contributed by atoms with Crippen molar-refractivity contribution in [2.24, 2.45) is 11.7 Å². The van der Waals surface area contributed by atoms with Gasteiger partial charge in [0.05, 0.1) is 19.6 Å². The first kappa shape index (κ1) is 15.3. The number of nitrogens with one attached hydrogen (secondary N) is 1. The second-order valence-corrected chi connectivity index (χ2v) is 4.38. The molecular formula is C14H22N2O3. The highest BCUT2D eigenvalue weighted by Crippen LogP contribution is 2.28. The summed E-state index contributed by atoms with van der Waals surface area (Å²) in [6.07, 6.45) is 0. The molecule has 1 aromatic carbocycles. The third kappa shape index (κ3) is 4.79. The van der Waals surface area contributed by atoms with Gasteiger partial charge in [0.2, 0.25) is 5.91 Å². The van der Waals surface area contributed by atoms with E-state index in [9.17, 15) is 4.79 Å². The van der Waals surface area contributed by atoms with Gasteiger partial charge >= 0.3 is 0 Å². The first-order valence-corrected chi connectivity index (χ1v) is 6.38. The summed E-state index contributed by atoms with van der Waals surface area (Å²) < 4.78 is 10.9. The van der Waals surface area contributed by atoms with Crippen LogP contribution >= 0.6 is 0 Å². The van der Waals surface area contributed by atoms with Gasteiger partial charge in [0.1, 0.15) is 0 Å². The quantitative estimate of drug-likeness (QED) is 0.744. The topological polar surface area (TPSA) is 73.6 Å². The molecule has 0 fully saturated rings. The molecule has 0 heterocycles. The minimum atomic E-state index is -0.372. The van der Waals surface area contributed by atoms with Crippen LogP contribution < -0.4 is 20.5 Å². The summed E-state index contributed by atoms with van der Waals surface area (Å²) in [5.74, 6) is 0.577. The number of hydrogen-bond acceptors (Lipinski definition) is 4. The molecule has 5 nitrogen and oxygen atoms in total. The van der Waals surface area contributed by atoms with E-state index in [4.69, 9.17) is 15.2 Å². The predicted octanol–water partition coefficient (Wildman–Crippen LogP) is 1.30. The highest BCUT2D eigenvalue weighted by atomic mass is 16.5. The maximum atomic E-state index is 11.0. The van der Waals surface area contributed by atoms with Crippen molar-refractivity contribution in [2.75, 3.05) is 20.3 Å². The van der Waals surface area contributed by atoms with Crippen LogP contribution in [-0.4, -0.2) is 26.2 Å². The standard InChI is InChI=1S/C14H22N2O3/c1-4-16-8-11-5-6-12(18-3)13(7-11)19-9-10(2)14(15)17/h5-7,10,16H,4,8-9H2,1-3H3,(H2,15,17). The Morgan fingerprint density at radius 3 is 2.74 bits per heavy atom. The third-order valence-corrected chi connectivity index (χ3v) is 2.78. The Hall–Kier alpha value is -1.75. The highest BCUT2D eigenvalue weighted by Gasteiger charge is 2.12. The summed E-state index contributed by atoms with van der Waals surface area (Å²) in [4.78, 5) is 11.0. The first-order valence-electron chi connectivity index (χ1n) is 6.38. The Kier molecular flexibility index (Phi) is 6.15. The van der Waals surface area contributed by atoms with Crippen molar-refractivity contribution in [3.05, 3.63) is 23.8 Å². The first-order chi connectivity index (χ1) is 9.08. The molecule has 5 heteroatoms. The SMILES string of the molecule is CCNCc1ccc(OC)c(OCC(C)C(N)=O)c1. The van der Waals surface area contributed by atoms with Gasteiger partial charge in [-0.05, 0) is 24.2 Å². The molecule has 0 aliphatic carbocycles. The number of benzene rings is 1. The molecule has 1 rings (SSSR count). The van der Waals surface area contributed by atoms with Gasteiger partial charge in [0, 0.05) is 6.54 Å². The Labute approximate surface area is 114 Å². The van der Waals surface area contributed by atoms with Crippen LogP contribution in [0.15, 0.2) is 18.2 Å². The van der Waals surface area contributed by atoms with E-state index in [-0.39, 0.29) is 18.4 Å². The molecule has 0 saturated carbocycles. The van der Waals surface area contributed by atoms with Crippen LogP contribution in [0.25, 0.3) is 0 Å². The van der Waals surface area contributed by atoms with E-state index < -0.39 is 0 Å². The van der Waals surface area contributed by atoms with E-state index in [1.54, 1.807) is 14.0 Å². The molecule has 19 heavy (non-hydrogen) atoms. The number of carbonyl (C=O) groups is 1. The van der Waals surface area contributed by atoms with Gasteiger partial charge in [-0.15, -0.1) is 0 Å². The maximum absolute atomic E-state index is 11.0. The lowest BCUT2D eigenvalue weighted by molar-refractivity contribution is -0.122. The summed E-state index contributed by atoms with van der Waals surface area (Å²) in [6, 6.07) is 5.75. The van der Waals surface area contributed by atoms with E-state index in [0.29, 0.717) is 11.5 Å². The van der Waals surface area contributed by atoms with Gasteiger partial charge in [-0.25, -0.2) is 0 Å². The van der Waals surface area contributed by atoms with Crippen LogP contribution in [0.4, 0.5) is 0 Å². The Balaban J connectivity index is 2.75. The normalized spacial score (nSPS) is 11.9. The number of rotatable bonds is 8. The van der Waals surface area contributed by atoms with Gasteiger partial charge in [-0.3, -0.25) is 4.79 Å². The van der Waals surface area contributed by atoms with E-state index in [2.05, 4.69) is 12.2 Å². The molecule has 0 aromatic heterocycles. The molecule has 0 aliphatic rings. The molecule has 1 aromatic rings. The van der Waals surface area contributed by atoms with Crippen LogP contribution in [-0.2, 0) is 11.3 Å². The Morgan fingerprint density at radius 2 is 2.16 bits per heavy atom. The smallest absolute Gasteiger partial charge is 0.223 e. The largest absolute Gasteiger partial charge is 0.493 e. The van der Waals surface area contributed by atoms with Crippen LogP contribution in [0, 0.1) is 5.92 Å². The molecule has 1 atom stereocenters.